The highest BCUT2D eigenvalue weighted by Crippen LogP contribution is 2.23. The summed E-state index contributed by atoms with van der Waals surface area (Å²) in [5.74, 6) is 1.93. The molecule has 2 heteroatoms. The highest BCUT2D eigenvalue weighted by Gasteiger charge is 2.18. The number of nitrogens with zero attached hydrogens (tertiary/aromatic N) is 1. The van der Waals surface area contributed by atoms with E-state index in [1.165, 1.54) is 44.1 Å². The molecule has 0 aromatic heterocycles. The molecule has 16 heavy (non-hydrogen) atoms. The zero-order chi connectivity index (χ0) is 11.8. The van der Waals surface area contributed by atoms with Crippen LogP contribution in [0, 0.1) is 0 Å². The van der Waals surface area contributed by atoms with Crippen molar-refractivity contribution in [2.24, 2.45) is 0 Å². The van der Waals surface area contributed by atoms with Gasteiger partial charge >= 0.3 is 0 Å². The molecule has 90 valence electrons. The second kappa shape index (κ2) is 7.81. The highest BCUT2D eigenvalue weighted by molar-refractivity contribution is 7.46. The van der Waals surface area contributed by atoms with Crippen LogP contribution in [-0.4, -0.2) is 24.0 Å². The van der Waals surface area contributed by atoms with Crippen molar-refractivity contribution in [2.45, 2.75) is 38.6 Å². The van der Waals surface area contributed by atoms with Crippen LogP contribution in [0.4, 0.5) is 0 Å². The maximum Gasteiger partial charge on any atom is 0.00674 e. The van der Waals surface area contributed by atoms with Gasteiger partial charge in [0.2, 0.25) is 0 Å². The molecule has 2 atom stereocenters. The summed E-state index contributed by atoms with van der Waals surface area (Å²) in [7, 11) is 0.674. The third kappa shape index (κ3) is 5.09. The minimum absolute atomic E-state index is 0.674. The molecule has 0 radical (unpaired) electrons. The summed E-state index contributed by atoms with van der Waals surface area (Å²) in [5.41, 5.74) is 0. The summed E-state index contributed by atoms with van der Waals surface area (Å²) in [4.78, 5) is 2.61. The van der Waals surface area contributed by atoms with Crippen molar-refractivity contribution in [2.75, 3.05) is 13.1 Å². The quantitative estimate of drug-likeness (QED) is 0.365. The molecular formula is C14H24NP. The van der Waals surface area contributed by atoms with Gasteiger partial charge in [0.1, 0.15) is 0 Å². The van der Waals surface area contributed by atoms with Crippen LogP contribution in [0.25, 0.3) is 0 Å². The molecule has 1 aliphatic heterocycles. The molecule has 1 rings (SSSR count). The molecule has 1 saturated heterocycles. The van der Waals surface area contributed by atoms with E-state index in [1.54, 1.807) is 0 Å². The van der Waals surface area contributed by atoms with E-state index in [4.69, 9.17) is 0 Å². The van der Waals surface area contributed by atoms with E-state index >= 15 is 0 Å². The standard InChI is InChI=1S/C14H24NP/c1-4-16-14(3)10-6-5-7-11-15-12-8-9-13(15)2/h4,6,10,13,16H,1,3,5,7-9,11-12H2,2H3/b10-6-. The van der Waals surface area contributed by atoms with Gasteiger partial charge in [-0.2, -0.15) is 0 Å². The van der Waals surface area contributed by atoms with Crippen LogP contribution in [0.2, 0.25) is 0 Å². The summed E-state index contributed by atoms with van der Waals surface area (Å²) in [6.07, 6.45) is 9.60. The first-order valence-electron chi connectivity index (χ1n) is 6.21. The van der Waals surface area contributed by atoms with E-state index in [2.05, 4.69) is 37.1 Å². The molecule has 0 saturated carbocycles. The molecule has 1 aliphatic rings. The van der Waals surface area contributed by atoms with Crippen molar-refractivity contribution in [3.63, 3.8) is 0 Å². The third-order valence-corrected chi connectivity index (χ3v) is 3.85. The summed E-state index contributed by atoms with van der Waals surface area (Å²) in [6.45, 7) is 12.6. The van der Waals surface area contributed by atoms with Gasteiger partial charge in [0.05, 0.1) is 0 Å². The zero-order valence-electron chi connectivity index (χ0n) is 10.4. The second-order valence-corrected chi connectivity index (χ2v) is 5.78. The number of rotatable bonds is 7. The normalized spacial score (nSPS) is 22.4. The molecular weight excluding hydrogens is 213 g/mol. The first-order valence-corrected chi connectivity index (χ1v) is 7.28. The van der Waals surface area contributed by atoms with E-state index in [1.807, 2.05) is 5.82 Å². The van der Waals surface area contributed by atoms with Crippen molar-refractivity contribution in [3.8, 4) is 0 Å². The van der Waals surface area contributed by atoms with Crippen molar-refractivity contribution in [1.82, 2.24) is 4.90 Å². The third-order valence-electron chi connectivity index (χ3n) is 3.11. The van der Waals surface area contributed by atoms with Gasteiger partial charge in [-0.25, -0.2) is 0 Å². The van der Waals surface area contributed by atoms with Crippen LogP contribution < -0.4 is 0 Å². The van der Waals surface area contributed by atoms with Crippen molar-refractivity contribution in [3.05, 3.63) is 36.4 Å². The van der Waals surface area contributed by atoms with Gasteiger partial charge in [0.25, 0.3) is 0 Å². The average molecular weight is 237 g/mol. The van der Waals surface area contributed by atoms with Gasteiger partial charge < -0.3 is 4.90 Å². The monoisotopic (exact) mass is 237 g/mol. The Balaban J connectivity index is 2.07. The zero-order valence-corrected chi connectivity index (χ0v) is 11.4. The highest BCUT2D eigenvalue weighted by atomic mass is 31.1. The molecule has 0 amide bonds. The molecule has 0 spiro atoms. The van der Waals surface area contributed by atoms with Crippen LogP contribution >= 0.6 is 8.58 Å². The van der Waals surface area contributed by atoms with E-state index < -0.39 is 0 Å². The Morgan fingerprint density at radius 1 is 1.56 bits per heavy atom. The molecule has 0 aliphatic carbocycles. The average Bonchev–Trinajstić information content (AvgIpc) is 2.64. The van der Waals surface area contributed by atoms with Gasteiger partial charge in [-0.15, -0.1) is 0 Å². The van der Waals surface area contributed by atoms with E-state index in [0.29, 0.717) is 8.58 Å². The first kappa shape index (κ1) is 13.7. The lowest BCUT2D eigenvalue weighted by Crippen LogP contribution is -2.27. The molecule has 1 fully saturated rings. The van der Waals surface area contributed by atoms with Crippen LogP contribution in [-0.2, 0) is 0 Å². The fraction of sp³-hybridized carbons (Fsp3) is 0.571. The molecule has 1 nitrogen and oxygen atoms in total. The molecule has 2 unspecified atom stereocenters. The fourth-order valence-electron chi connectivity index (χ4n) is 2.14. The Morgan fingerprint density at radius 3 is 3.00 bits per heavy atom. The molecule has 0 aromatic rings. The molecule has 1 heterocycles. The van der Waals surface area contributed by atoms with Crippen molar-refractivity contribution >= 4 is 8.58 Å². The van der Waals surface area contributed by atoms with E-state index in [-0.39, 0.29) is 0 Å². The maximum atomic E-state index is 3.98. The van der Waals surface area contributed by atoms with Crippen LogP contribution in [0.15, 0.2) is 36.4 Å². The Morgan fingerprint density at radius 2 is 2.38 bits per heavy atom. The second-order valence-electron chi connectivity index (χ2n) is 4.45. The van der Waals surface area contributed by atoms with Crippen LogP contribution in [0.1, 0.15) is 32.6 Å². The maximum absolute atomic E-state index is 3.98. The molecule has 0 aromatic carbocycles. The predicted molar refractivity (Wildman–Crippen MR) is 76.3 cm³/mol. The van der Waals surface area contributed by atoms with Gasteiger partial charge in [-0.3, -0.25) is 0 Å². The van der Waals surface area contributed by atoms with E-state index in [0.717, 1.165) is 6.04 Å². The van der Waals surface area contributed by atoms with Gasteiger partial charge in [0, 0.05) is 6.04 Å². The predicted octanol–water partition coefficient (Wildman–Crippen LogP) is 4.14. The number of hydrogen-bond donors (Lipinski definition) is 0. The number of hydrogen-bond acceptors (Lipinski definition) is 1. The summed E-state index contributed by atoms with van der Waals surface area (Å²) in [6, 6.07) is 0.807. The van der Waals surface area contributed by atoms with E-state index in [9.17, 15) is 0 Å². The number of likely N-dealkylation sites (tertiary alicyclic amines) is 1. The Bertz CT molecular complexity index is 257. The topological polar surface area (TPSA) is 3.24 Å². The van der Waals surface area contributed by atoms with Crippen molar-refractivity contribution in [1.29, 1.82) is 0 Å². The first-order chi connectivity index (χ1) is 7.74. The lowest BCUT2D eigenvalue weighted by Gasteiger charge is -2.20. The number of unbranched alkanes of at least 4 members (excludes halogenated alkanes) is 1. The van der Waals surface area contributed by atoms with Crippen LogP contribution in [0.5, 0.6) is 0 Å². The smallest absolute Gasteiger partial charge is 0.00674 e. The lowest BCUT2D eigenvalue weighted by atomic mass is 10.2. The minimum atomic E-state index is 0.674. The van der Waals surface area contributed by atoms with Crippen LogP contribution in [0.3, 0.4) is 0 Å². The fourth-order valence-corrected chi connectivity index (χ4v) is 2.62. The van der Waals surface area contributed by atoms with Gasteiger partial charge in [-0.05, 0) is 51.0 Å². The Hall–Kier alpha value is -0.390. The lowest BCUT2D eigenvalue weighted by molar-refractivity contribution is 0.266. The van der Waals surface area contributed by atoms with Gasteiger partial charge in [-0.1, -0.05) is 39.7 Å². The number of allylic oxidation sites excluding steroid dienone is 3. The molecule has 0 bridgehead atoms. The van der Waals surface area contributed by atoms with Crippen molar-refractivity contribution < 1.29 is 0 Å². The summed E-state index contributed by atoms with van der Waals surface area (Å²) >= 11 is 0. The SMILES string of the molecule is C=CPC(=C)/C=C\CCCN1CCCC1C. The minimum Gasteiger partial charge on any atom is -0.301 e. The Kier molecular flexibility index (Phi) is 6.68. The largest absolute Gasteiger partial charge is 0.301 e. The van der Waals surface area contributed by atoms with Gasteiger partial charge in [0.15, 0.2) is 0 Å². The summed E-state index contributed by atoms with van der Waals surface area (Å²) in [5, 5.41) is 1.18. The summed E-state index contributed by atoms with van der Waals surface area (Å²) < 4.78 is 0. The Labute approximate surface area is 102 Å². The molecule has 0 N–H and O–H groups in total.